The van der Waals surface area contributed by atoms with Gasteiger partial charge in [-0.1, -0.05) is 0 Å². The highest BCUT2D eigenvalue weighted by Gasteiger charge is 2.15. The van der Waals surface area contributed by atoms with Crippen LogP contribution in [0.3, 0.4) is 0 Å². The van der Waals surface area contributed by atoms with Crippen LogP contribution < -0.4 is 10.0 Å². The highest BCUT2D eigenvalue weighted by atomic mass is 32.2. The number of hydrogen-bond acceptors (Lipinski definition) is 5. The van der Waals surface area contributed by atoms with Crippen molar-refractivity contribution >= 4 is 10.0 Å². The third kappa shape index (κ3) is 4.47. The molecule has 0 saturated heterocycles. The van der Waals surface area contributed by atoms with E-state index in [4.69, 9.17) is 9.15 Å². The average molecular weight is 262 g/mol. The first-order valence-electron chi connectivity index (χ1n) is 5.41. The van der Waals surface area contributed by atoms with Crippen LogP contribution in [0.2, 0.25) is 0 Å². The zero-order chi connectivity index (χ0) is 12.7. The monoisotopic (exact) mass is 262 g/mol. The largest absolute Gasteiger partial charge is 0.447 e. The molecular formula is C10H18N2O4S. The fourth-order valence-electron chi connectivity index (χ4n) is 1.20. The van der Waals surface area contributed by atoms with Crippen LogP contribution in [-0.2, 0) is 21.3 Å². The molecule has 98 valence electrons. The molecule has 17 heavy (non-hydrogen) atoms. The first-order chi connectivity index (χ1) is 8.10. The predicted octanol–water partition coefficient (Wildman–Crippen LogP) is 0.314. The summed E-state index contributed by atoms with van der Waals surface area (Å²) in [4.78, 5) is 0. The molecule has 0 aliphatic heterocycles. The predicted molar refractivity (Wildman–Crippen MR) is 63.2 cm³/mol. The van der Waals surface area contributed by atoms with E-state index in [2.05, 4.69) is 10.0 Å². The molecule has 7 heteroatoms. The number of furan rings is 1. The van der Waals surface area contributed by atoms with Crippen LogP contribution in [-0.4, -0.2) is 35.2 Å². The molecule has 6 nitrogen and oxygen atoms in total. The Morgan fingerprint density at radius 2 is 2.18 bits per heavy atom. The molecule has 1 aromatic rings. The van der Waals surface area contributed by atoms with Gasteiger partial charge in [-0.05, 0) is 26.1 Å². The van der Waals surface area contributed by atoms with E-state index in [1.54, 1.807) is 6.07 Å². The number of ether oxygens (including phenoxy) is 1. The first kappa shape index (κ1) is 14.2. The molecular weight excluding hydrogens is 244 g/mol. The Hall–Kier alpha value is -0.890. The van der Waals surface area contributed by atoms with Gasteiger partial charge in [-0.25, -0.2) is 13.1 Å². The maximum Gasteiger partial charge on any atom is 0.273 e. The van der Waals surface area contributed by atoms with Crippen molar-refractivity contribution in [2.45, 2.75) is 18.6 Å². The van der Waals surface area contributed by atoms with Gasteiger partial charge in [-0.15, -0.1) is 0 Å². The van der Waals surface area contributed by atoms with E-state index in [-0.39, 0.29) is 5.09 Å². The summed E-state index contributed by atoms with van der Waals surface area (Å²) in [5.41, 5.74) is 0. The van der Waals surface area contributed by atoms with Crippen molar-refractivity contribution in [3.8, 4) is 0 Å². The molecule has 0 aliphatic carbocycles. The van der Waals surface area contributed by atoms with Gasteiger partial charge >= 0.3 is 0 Å². The summed E-state index contributed by atoms with van der Waals surface area (Å²) < 4.78 is 35.3. The molecule has 0 saturated carbocycles. The fraction of sp³-hybridized carbons (Fsp3) is 0.600. The molecule has 1 heterocycles. The van der Waals surface area contributed by atoms with Gasteiger partial charge in [0.05, 0.1) is 13.2 Å². The van der Waals surface area contributed by atoms with Crippen molar-refractivity contribution < 1.29 is 17.6 Å². The van der Waals surface area contributed by atoms with Crippen molar-refractivity contribution in [1.82, 2.24) is 10.0 Å². The van der Waals surface area contributed by atoms with Crippen LogP contribution in [0.4, 0.5) is 0 Å². The summed E-state index contributed by atoms with van der Waals surface area (Å²) in [6.45, 7) is 4.42. The average Bonchev–Trinajstić information content (AvgIpc) is 2.78. The van der Waals surface area contributed by atoms with E-state index in [0.717, 1.165) is 0 Å². The Kier molecular flexibility index (Phi) is 5.63. The smallest absolute Gasteiger partial charge is 0.273 e. The topological polar surface area (TPSA) is 80.6 Å². The van der Waals surface area contributed by atoms with E-state index < -0.39 is 10.0 Å². The van der Waals surface area contributed by atoms with Crippen LogP contribution in [0.1, 0.15) is 12.7 Å². The van der Waals surface area contributed by atoms with Crippen molar-refractivity contribution in [2.24, 2.45) is 0 Å². The molecule has 1 rings (SSSR count). The third-order valence-electron chi connectivity index (χ3n) is 2.10. The van der Waals surface area contributed by atoms with Gasteiger partial charge in [0, 0.05) is 13.2 Å². The van der Waals surface area contributed by atoms with Crippen LogP contribution in [0.5, 0.6) is 0 Å². The number of hydrogen-bond donors (Lipinski definition) is 2. The molecule has 0 atom stereocenters. The highest BCUT2D eigenvalue weighted by Crippen LogP contribution is 2.12. The Morgan fingerprint density at radius 1 is 1.41 bits per heavy atom. The molecule has 1 aromatic heterocycles. The van der Waals surface area contributed by atoms with Gasteiger partial charge in [0.1, 0.15) is 5.76 Å². The maximum absolute atomic E-state index is 11.4. The normalized spacial score (nSPS) is 11.9. The molecule has 0 aliphatic rings. The number of rotatable bonds is 8. The molecule has 0 bridgehead atoms. The quantitative estimate of drug-likeness (QED) is 0.659. The van der Waals surface area contributed by atoms with Gasteiger partial charge in [-0.3, -0.25) is 0 Å². The van der Waals surface area contributed by atoms with Crippen LogP contribution >= 0.6 is 0 Å². The summed E-state index contributed by atoms with van der Waals surface area (Å²) in [6.07, 6.45) is 0. The van der Waals surface area contributed by atoms with Crippen molar-refractivity contribution in [3.63, 3.8) is 0 Å². The van der Waals surface area contributed by atoms with Crippen molar-refractivity contribution in [2.75, 3.05) is 26.8 Å². The van der Waals surface area contributed by atoms with Crippen LogP contribution in [0.15, 0.2) is 21.6 Å². The van der Waals surface area contributed by atoms with E-state index in [0.29, 0.717) is 32.1 Å². The molecule has 0 unspecified atom stereocenters. The molecule has 0 fully saturated rings. The zero-order valence-corrected chi connectivity index (χ0v) is 10.8. The SMILES string of the molecule is CCOCCNCc1ccc(S(=O)(=O)NC)o1. The molecule has 2 N–H and O–H groups in total. The summed E-state index contributed by atoms with van der Waals surface area (Å²) in [7, 11) is -2.14. The summed E-state index contributed by atoms with van der Waals surface area (Å²) >= 11 is 0. The summed E-state index contributed by atoms with van der Waals surface area (Å²) in [5.74, 6) is 0.579. The second-order valence-electron chi connectivity index (χ2n) is 3.30. The highest BCUT2D eigenvalue weighted by molar-refractivity contribution is 7.89. The van der Waals surface area contributed by atoms with Gasteiger partial charge in [0.2, 0.25) is 5.09 Å². The summed E-state index contributed by atoms with van der Waals surface area (Å²) in [6, 6.07) is 3.07. The zero-order valence-electron chi connectivity index (χ0n) is 10.0. The van der Waals surface area contributed by atoms with E-state index in [1.165, 1.54) is 13.1 Å². The first-order valence-corrected chi connectivity index (χ1v) is 6.89. The molecule has 0 radical (unpaired) electrons. The third-order valence-corrected chi connectivity index (χ3v) is 3.38. The maximum atomic E-state index is 11.4. The minimum Gasteiger partial charge on any atom is -0.447 e. The van der Waals surface area contributed by atoms with Crippen LogP contribution in [0, 0.1) is 0 Å². The number of sulfonamides is 1. The Bertz CT molecular complexity index is 427. The lowest BCUT2D eigenvalue weighted by atomic mass is 10.4. The van der Waals surface area contributed by atoms with E-state index in [9.17, 15) is 8.42 Å². The second kappa shape index (κ2) is 6.75. The summed E-state index contributed by atoms with van der Waals surface area (Å²) in [5, 5.41) is 3.02. The lowest BCUT2D eigenvalue weighted by Gasteiger charge is -2.02. The standard InChI is InChI=1S/C10H18N2O4S/c1-3-15-7-6-12-8-9-4-5-10(16-9)17(13,14)11-2/h4-5,11-12H,3,6-8H2,1-2H3. The van der Waals surface area contributed by atoms with E-state index in [1.807, 2.05) is 6.92 Å². The van der Waals surface area contributed by atoms with Crippen molar-refractivity contribution in [1.29, 1.82) is 0 Å². The van der Waals surface area contributed by atoms with Crippen molar-refractivity contribution in [3.05, 3.63) is 17.9 Å². The minimum atomic E-state index is -3.49. The molecule has 0 amide bonds. The lowest BCUT2D eigenvalue weighted by Crippen LogP contribution is -2.19. The van der Waals surface area contributed by atoms with Gasteiger partial charge < -0.3 is 14.5 Å². The number of nitrogens with one attached hydrogen (secondary N) is 2. The van der Waals surface area contributed by atoms with Gasteiger partial charge in [0.15, 0.2) is 0 Å². The Balaban J connectivity index is 2.41. The van der Waals surface area contributed by atoms with E-state index >= 15 is 0 Å². The second-order valence-corrected chi connectivity index (χ2v) is 5.12. The molecule has 0 aromatic carbocycles. The molecule has 0 spiro atoms. The van der Waals surface area contributed by atoms with Gasteiger partial charge in [-0.2, -0.15) is 0 Å². The van der Waals surface area contributed by atoms with Gasteiger partial charge in [0.25, 0.3) is 10.0 Å². The fourth-order valence-corrected chi connectivity index (χ4v) is 1.86. The Morgan fingerprint density at radius 3 is 2.82 bits per heavy atom. The minimum absolute atomic E-state index is 0.0680. The van der Waals surface area contributed by atoms with Crippen LogP contribution in [0.25, 0.3) is 0 Å². The Labute approximate surface area is 101 Å². The lowest BCUT2D eigenvalue weighted by molar-refractivity contribution is 0.148.